The Bertz CT molecular complexity index is 1110. The molecule has 0 heteroatoms. The van der Waals surface area contributed by atoms with E-state index >= 15 is 0 Å². The van der Waals surface area contributed by atoms with Crippen LogP contribution in [0.25, 0.3) is 22.3 Å². The fourth-order valence-corrected chi connectivity index (χ4v) is 5.12. The second-order valence-electron chi connectivity index (χ2n) is 9.50. The third kappa shape index (κ3) is 2.82. The van der Waals surface area contributed by atoms with Crippen molar-refractivity contribution < 1.29 is 0 Å². The Morgan fingerprint density at radius 3 is 1.10 bits per heavy atom. The smallest absolute Gasteiger partial charge is 0.0152 e. The first-order chi connectivity index (χ1) is 14.4. The van der Waals surface area contributed by atoms with Gasteiger partial charge in [0.2, 0.25) is 0 Å². The molecule has 148 valence electrons. The molecule has 0 bridgehead atoms. The summed E-state index contributed by atoms with van der Waals surface area (Å²) in [6.45, 7) is 9.49. The summed E-state index contributed by atoms with van der Waals surface area (Å²) < 4.78 is 0. The van der Waals surface area contributed by atoms with E-state index in [9.17, 15) is 0 Å². The zero-order valence-electron chi connectivity index (χ0n) is 18.2. The van der Waals surface area contributed by atoms with Gasteiger partial charge in [-0.15, -0.1) is 0 Å². The molecule has 0 saturated carbocycles. The molecule has 0 amide bonds. The Hall–Kier alpha value is -3.12. The second-order valence-corrected chi connectivity index (χ2v) is 9.50. The van der Waals surface area contributed by atoms with Crippen molar-refractivity contribution in [3.8, 4) is 22.3 Å². The molecule has 30 heavy (non-hydrogen) atoms. The molecule has 0 heterocycles. The second kappa shape index (κ2) is 6.71. The Balaban J connectivity index is 1.70. The fraction of sp³-hybridized carbons (Fsp3) is 0.200. The lowest BCUT2D eigenvalue weighted by Gasteiger charge is -2.44. The lowest BCUT2D eigenvalue weighted by molar-refractivity contribution is 0.521. The van der Waals surface area contributed by atoms with Gasteiger partial charge in [0.1, 0.15) is 0 Å². The summed E-state index contributed by atoms with van der Waals surface area (Å²) in [6, 6.07) is 35.5. The Kier molecular flexibility index (Phi) is 4.22. The zero-order valence-corrected chi connectivity index (χ0v) is 18.2. The summed E-state index contributed by atoms with van der Waals surface area (Å²) in [7, 11) is 0. The lowest BCUT2D eigenvalue weighted by atomic mass is 9.59. The molecule has 0 N–H and O–H groups in total. The van der Waals surface area contributed by atoms with E-state index in [-0.39, 0.29) is 10.8 Å². The molecule has 0 atom stereocenters. The molecular weight excluding hydrogens is 360 g/mol. The van der Waals surface area contributed by atoms with E-state index in [0.717, 1.165) is 0 Å². The average Bonchev–Trinajstić information content (AvgIpc) is 2.79. The van der Waals surface area contributed by atoms with Gasteiger partial charge in [0.05, 0.1) is 0 Å². The predicted octanol–water partition coefficient (Wildman–Crippen LogP) is 7.99. The summed E-state index contributed by atoms with van der Waals surface area (Å²) in [5.74, 6) is 0. The third-order valence-electron chi connectivity index (χ3n) is 6.95. The SMILES string of the molecule is CC1(C)c2ccc(-c3ccccc3)cc2C(C)(C)c2ccc(-c3ccccc3)cc21. The molecule has 0 aromatic heterocycles. The molecule has 0 nitrogen and oxygen atoms in total. The van der Waals surface area contributed by atoms with Gasteiger partial charge in [0.25, 0.3) is 0 Å². The minimum absolute atomic E-state index is 0.0415. The number of benzene rings is 4. The van der Waals surface area contributed by atoms with E-state index in [4.69, 9.17) is 0 Å². The third-order valence-corrected chi connectivity index (χ3v) is 6.95. The molecule has 0 fully saturated rings. The quantitative estimate of drug-likeness (QED) is 0.326. The number of rotatable bonds is 2. The van der Waals surface area contributed by atoms with Crippen molar-refractivity contribution in [3.63, 3.8) is 0 Å². The molecule has 0 unspecified atom stereocenters. The largest absolute Gasteiger partial charge is 0.0622 e. The molecule has 1 aliphatic rings. The van der Waals surface area contributed by atoms with Crippen LogP contribution in [0.1, 0.15) is 49.9 Å². The van der Waals surface area contributed by atoms with Crippen LogP contribution in [0.3, 0.4) is 0 Å². The standard InChI is InChI=1S/C30H28/c1-29(2)25-17-15-24(22-13-9-6-10-14-22)20-28(25)30(3,4)26-18-16-23(19-27(26)29)21-11-7-5-8-12-21/h5-20H,1-4H3. The van der Waals surface area contributed by atoms with Crippen molar-refractivity contribution in [1.82, 2.24) is 0 Å². The van der Waals surface area contributed by atoms with Crippen molar-refractivity contribution in [1.29, 1.82) is 0 Å². The van der Waals surface area contributed by atoms with Crippen molar-refractivity contribution in [2.75, 3.05) is 0 Å². The highest BCUT2D eigenvalue weighted by Gasteiger charge is 2.41. The van der Waals surface area contributed by atoms with E-state index in [0.29, 0.717) is 0 Å². The highest BCUT2D eigenvalue weighted by Crippen LogP contribution is 2.51. The van der Waals surface area contributed by atoms with Crippen LogP contribution in [0.5, 0.6) is 0 Å². The van der Waals surface area contributed by atoms with Gasteiger partial charge >= 0.3 is 0 Å². The number of hydrogen-bond donors (Lipinski definition) is 0. The Morgan fingerprint density at radius 1 is 0.367 bits per heavy atom. The van der Waals surface area contributed by atoms with Gasteiger partial charge in [-0.3, -0.25) is 0 Å². The van der Waals surface area contributed by atoms with Gasteiger partial charge in [-0.1, -0.05) is 113 Å². The topological polar surface area (TPSA) is 0 Å². The molecule has 0 aliphatic heterocycles. The summed E-state index contributed by atoms with van der Waals surface area (Å²) in [5.41, 5.74) is 10.8. The molecule has 4 aromatic rings. The van der Waals surface area contributed by atoms with E-state index < -0.39 is 0 Å². The van der Waals surface area contributed by atoms with Crippen molar-refractivity contribution in [2.24, 2.45) is 0 Å². The minimum atomic E-state index is -0.0415. The molecule has 4 aromatic carbocycles. The molecule has 0 saturated heterocycles. The summed E-state index contributed by atoms with van der Waals surface area (Å²) in [6.07, 6.45) is 0. The first-order valence-electron chi connectivity index (χ1n) is 10.8. The molecular formula is C30H28. The highest BCUT2D eigenvalue weighted by molar-refractivity contribution is 5.72. The van der Waals surface area contributed by atoms with Crippen LogP contribution >= 0.6 is 0 Å². The van der Waals surface area contributed by atoms with Crippen LogP contribution in [0, 0.1) is 0 Å². The maximum Gasteiger partial charge on any atom is 0.0152 e. The predicted molar refractivity (Wildman–Crippen MR) is 128 cm³/mol. The van der Waals surface area contributed by atoms with Gasteiger partial charge in [0, 0.05) is 10.8 Å². The number of hydrogen-bond acceptors (Lipinski definition) is 0. The van der Waals surface area contributed by atoms with Crippen LogP contribution in [-0.2, 0) is 10.8 Å². The first kappa shape index (κ1) is 18.9. The minimum Gasteiger partial charge on any atom is -0.0622 e. The lowest BCUT2D eigenvalue weighted by Crippen LogP contribution is -2.36. The van der Waals surface area contributed by atoms with E-state index in [1.54, 1.807) is 0 Å². The Morgan fingerprint density at radius 2 is 0.733 bits per heavy atom. The first-order valence-corrected chi connectivity index (χ1v) is 10.8. The fourth-order valence-electron chi connectivity index (χ4n) is 5.12. The maximum atomic E-state index is 2.42. The Labute approximate surface area is 180 Å². The normalized spacial score (nSPS) is 15.9. The van der Waals surface area contributed by atoms with Crippen LogP contribution in [-0.4, -0.2) is 0 Å². The highest BCUT2D eigenvalue weighted by atomic mass is 14.4. The summed E-state index contributed by atoms with van der Waals surface area (Å²) in [5, 5.41) is 0. The monoisotopic (exact) mass is 388 g/mol. The van der Waals surface area contributed by atoms with Crippen LogP contribution in [0.15, 0.2) is 97.1 Å². The molecule has 5 rings (SSSR count). The number of fused-ring (bicyclic) bond motifs is 2. The molecule has 0 radical (unpaired) electrons. The van der Waals surface area contributed by atoms with Gasteiger partial charge in [-0.25, -0.2) is 0 Å². The van der Waals surface area contributed by atoms with Crippen LogP contribution in [0.4, 0.5) is 0 Å². The summed E-state index contributed by atoms with van der Waals surface area (Å²) in [4.78, 5) is 0. The van der Waals surface area contributed by atoms with Crippen molar-refractivity contribution in [2.45, 2.75) is 38.5 Å². The summed E-state index contributed by atoms with van der Waals surface area (Å²) >= 11 is 0. The maximum absolute atomic E-state index is 2.42. The van der Waals surface area contributed by atoms with E-state index in [1.165, 1.54) is 44.5 Å². The van der Waals surface area contributed by atoms with Gasteiger partial charge < -0.3 is 0 Å². The van der Waals surface area contributed by atoms with Crippen LogP contribution in [0.2, 0.25) is 0 Å². The molecule has 0 spiro atoms. The van der Waals surface area contributed by atoms with E-state index in [2.05, 4.69) is 125 Å². The van der Waals surface area contributed by atoms with Crippen LogP contribution < -0.4 is 0 Å². The van der Waals surface area contributed by atoms with Gasteiger partial charge in [-0.2, -0.15) is 0 Å². The van der Waals surface area contributed by atoms with E-state index in [1.807, 2.05) is 0 Å². The van der Waals surface area contributed by atoms with Gasteiger partial charge in [0.15, 0.2) is 0 Å². The van der Waals surface area contributed by atoms with Crippen molar-refractivity contribution in [3.05, 3.63) is 119 Å². The van der Waals surface area contributed by atoms with Crippen molar-refractivity contribution >= 4 is 0 Å². The average molecular weight is 389 g/mol. The zero-order chi connectivity index (χ0) is 20.9. The van der Waals surface area contributed by atoms with Gasteiger partial charge in [-0.05, 0) is 56.6 Å². The molecule has 1 aliphatic carbocycles.